The summed E-state index contributed by atoms with van der Waals surface area (Å²) in [5.74, 6) is 0.955. The number of amides is 1. The number of carbonyl (C=O) groups is 1. The van der Waals surface area contributed by atoms with Gasteiger partial charge in [-0.3, -0.25) is 4.79 Å². The van der Waals surface area contributed by atoms with Gasteiger partial charge in [-0.2, -0.15) is 0 Å². The van der Waals surface area contributed by atoms with E-state index < -0.39 is 10.0 Å². The zero-order valence-electron chi connectivity index (χ0n) is 21.2. The quantitative estimate of drug-likeness (QED) is 0.274. The summed E-state index contributed by atoms with van der Waals surface area (Å²) in [7, 11) is -4.14. The van der Waals surface area contributed by atoms with Crippen molar-refractivity contribution in [1.29, 1.82) is 0 Å². The van der Waals surface area contributed by atoms with E-state index in [0.29, 0.717) is 22.1 Å². The summed E-state index contributed by atoms with van der Waals surface area (Å²) in [6.07, 6.45) is 3.69. The van der Waals surface area contributed by atoms with Gasteiger partial charge in [0.1, 0.15) is 23.4 Å². The fourth-order valence-corrected chi connectivity index (χ4v) is 5.72. The number of imidazole rings is 1. The third kappa shape index (κ3) is 4.54. The molecule has 10 heteroatoms. The van der Waals surface area contributed by atoms with E-state index in [-0.39, 0.29) is 17.0 Å². The minimum Gasteiger partial charge on any atom is -0.308 e. The summed E-state index contributed by atoms with van der Waals surface area (Å²) >= 11 is 0. The number of nitrogens with zero attached hydrogens (tertiary/aromatic N) is 6. The molecule has 1 amide bonds. The van der Waals surface area contributed by atoms with Gasteiger partial charge < -0.3 is 4.57 Å². The van der Waals surface area contributed by atoms with Crippen molar-refractivity contribution in [3.8, 4) is 11.3 Å². The Bertz CT molecular complexity index is 1730. The third-order valence-electron chi connectivity index (χ3n) is 6.31. The molecule has 0 aliphatic rings. The van der Waals surface area contributed by atoms with Crippen molar-refractivity contribution < 1.29 is 13.2 Å². The first kappa shape index (κ1) is 25.2. The van der Waals surface area contributed by atoms with Crippen LogP contribution in [0.4, 0.5) is 5.69 Å². The first-order chi connectivity index (χ1) is 18.3. The molecule has 0 unspecified atom stereocenters. The molecule has 5 aromatic rings. The van der Waals surface area contributed by atoms with E-state index >= 15 is 0 Å². The van der Waals surface area contributed by atoms with E-state index in [2.05, 4.69) is 21.5 Å². The van der Waals surface area contributed by atoms with Gasteiger partial charge in [0.25, 0.3) is 10.0 Å². The number of anilines is 1. The van der Waals surface area contributed by atoms with Crippen LogP contribution in [0.2, 0.25) is 0 Å². The second kappa shape index (κ2) is 10.1. The van der Waals surface area contributed by atoms with Gasteiger partial charge in [0.05, 0.1) is 23.3 Å². The Balaban J connectivity index is 1.50. The van der Waals surface area contributed by atoms with Crippen molar-refractivity contribution in [2.24, 2.45) is 0 Å². The number of hydrogen-bond acceptors (Lipinski definition) is 7. The van der Waals surface area contributed by atoms with Crippen molar-refractivity contribution >= 4 is 33.3 Å². The van der Waals surface area contributed by atoms with Crippen LogP contribution < -0.4 is 4.31 Å². The predicted molar refractivity (Wildman–Crippen MR) is 145 cm³/mol. The highest BCUT2D eigenvalue weighted by molar-refractivity contribution is 7.93. The monoisotopic (exact) mass is 526 g/mol. The van der Waals surface area contributed by atoms with Gasteiger partial charge >= 0.3 is 0 Å². The number of sulfonamides is 1. The van der Waals surface area contributed by atoms with Crippen molar-refractivity contribution in [1.82, 2.24) is 24.5 Å². The van der Waals surface area contributed by atoms with Crippen LogP contribution in [-0.4, -0.2) is 39.3 Å². The standard InChI is InChI=1S/C28H26N6O3S/c1-4-25-32-26-19(2)14-20(3)31-28(26)33(25)16-21-10-12-22(13-11-21)27-24(15-29-17-30-27)34(18-35)38(36,37)23-8-6-5-7-9-23/h5-15,17-18H,4,16H2,1-3H3. The Morgan fingerprint density at radius 2 is 1.74 bits per heavy atom. The van der Waals surface area contributed by atoms with Crippen LogP contribution in [0.5, 0.6) is 0 Å². The van der Waals surface area contributed by atoms with Crippen LogP contribution in [0.1, 0.15) is 29.6 Å². The summed E-state index contributed by atoms with van der Waals surface area (Å²) in [6.45, 7) is 6.67. The lowest BCUT2D eigenvalue weighted by Crippen LogP contribution is -2.30. The zero-order chi connectivity index (χ0) is 26.9. The van der Waals surface area contributed by atoms with Gasteiger partial charge in [0.15, 0.2) is 5.65 Å². The molecule has 9 nitrogen and oxygen atoms in total. The fourth-order valence-electron chi connectivity index (χ4n) is 4.49. The molecule has 2 aromatic carbocycles. The Kier molecular flexibility index (Phi) is 6.73. The van der Waals surface area contributed by atoms with E-state index in [1.54, 1.807) is 18.2 Å². The molecule has 38 heavy (non-hydrogen) atoms. The first-order valence-corrected chi connectivity index (χ1v) is 13.5. The highest BCUT2D eigenvalue weighted by Gasteiger charge is 2.27. The van der Waals surface area contributed by atoms with Crippen molar-refractivity contribution in [3.05, 3.63) is 95.8 Å². The highest BCUT2D eigenvalue weighted by Crippen LogP contribution is 2.31. The van der Waals surface area contributed by atoms with Gasteiger partial charge in [-0.15, -0.1) is 0 Å². The second-order valence-corrected chi connectivity index (χ2v) is 10.7. The lowest BCUT2D eigenvalue weighted by atomic mass is 10.1. The summed E-state index contributed by atoms with van der Waals surface area (Å²) < 4.78 is 29.2. The summed E-state index contributed by atoms with van der Waals surface area (Å²) in [5.41, 5.74) is 5.86. The van der Waals surface area contributed by atoms with Crippen molar-refractivity contribution in [2.45, 2.75) is 38.6 Å². The number of aryl methyl sites for hydroxylation is 3. The Morgan fingerprint density at radius 3 is 2.42 bits per heavy atom. The van der Waals surface area contributed by atoms with Crippen LogP contribution in [-0.2, 0) is 27.8 Å². The lowest BCUT2D eigenvalue weighted by molar-refractivity contribution is -0.106. The minimum atomic E-state index is -4.14. The number of pyridine rings is 1. The Morgan fingerprint density at radius 1 is 1.00 bits per heavy atom. The van der Waals surface area contributed by atoms with Crippen LogP contribution in [0.15, 0.2) is 78.1 Å². The van der Waals surface area contributed by atoms with Gasteiger partial charge in [-0.25, -0.2) is 32.7 Å². The Labute approximate surface area is 220 Å². The first-order valence-electron chi connectivity index (χ1n) is 12.1. The topological polar surface area (TPSA) is 111 Å². The molecule has 3 aromatic heterocycles. The minimum absolute atomic E-state index is 0.00405. The van der Waals surface area contributed by atoms with Gasteiger partial charge in [-0.1, -0.05) is 49.4 Å². The molecular weight excluding hydrogens is 500 g/mol. The summed E-state index contributed by atoms with van der Waals surface area (Å²) in [4.78, 5) is 29.9. The van der Waals surface area contributed by atoms with E-state index in [9.17, 15) is 13.2 Å². The normalized spacial score (nSPS) is 11.6. The van der Waals surface area contributed by atoms with Crippen LogP contribution >= 0.6 is 0 Å². The Hall–Kier alpha value is -4.44. The zero-order valence-corrected chi connectivity index (χ0v) is 22.1. The van der Waals surface area contributed by atoms with Gasteiger partial charge in [-0.05, 0) is 43.2 Å². The molecule has 0 bridgehead atoms. The molecule has 0 radical (unpaired) electrons. The van der Waals surface area contributed by atoms with Crippen molar-refractivity contribution in [3.63, 3.8) is 0 Å². The van der Waals surface area contributed by atoms with E-state index in [1.807, 2.05) is 44.2 Å². The smallest absolute Gasteiger partial charge is 0.270 e. The summed E-state index contributed by atoms with van der Waals surface area (Å²) in [5, 5.41) is 0. The summed E-state index contributed by atoms with van der Waals surface area (Å²) in [6, 6.07) is 17.4. The molecule has 0 fully saturated rings. The molecule has 5 rings (SSSR count). The number of fused-ring (bicyclic) bond motifs is 1. The average Bonchev–Trinajstić information content (AvgIpc) is 3.28. The molecule has 0 aliphatic carbocycles. The predicted octanol–water partition coefficient (Wildman–Crippen LogP) is 4.47. The lowest BCUT2D eigenvalue weighted by Gasteiger charge is -2.19. The number of hydrogen-bond donors (Lipinski definition) is 0. The molecule has 0 saturated carbocycles. The van der Waals surface area contributed by atoms with Crippen molar-refractivity contribution in [2.75, 3.05) is 4.31 Å². The molecule has 0 N–H and O–H groups in total. The molecular formula is C28H26N6O3S. The maximum absolute atomic E-state index is 13.2. The fraction of sp³-hybridized carbons (Fsp3) is 0.179. The molecule has 0 spiro atoms. The number of aromatic nitrogens is 5. The molecule has 192 valence electrons. The number of rotatable bonds is 8. The van der Waals surface area contributed by atoms with Gasteiger partial charge in [0.2, 0.25) is 6.41 Å². The van der Waals surface area contributed by atoms with E-state index in [0.717, 1.165) is 40.2 Å². The number of carbonyl (C=O) groups excluding carboxylic acids is 1. The van der Waals surface area contributed by atoms with E-state index in [4.69, 9.17) is 9.97 Å². The molecule has 0 saturated heterocycles. The largest absolute Gasteiger partial charge is 0.308 e. The maximum Gasteiger partial charge on any atom is 0.270 e. The SMILES string of the molecule is CCc1nc2c(C)cc(C)nc2n1Cc1ccc(-c2ncncc2N(C=O)S(=O)(=O)c2ccccc2)cc1. The van der Waals surface area contributed by atoms with Gasteiger partial charge in [0, 0.05) is 17.7 Å². The molecule has 3 heterocycles. The van der Waals surface area contributed by atoms with Crippen LogP contribution in [0.3, 0.4) is 0 Å². The maximum atomic E-state index is 13.2. The highest BCUT2D eigenvalue weighted by atomic mass is 32.2. The molecule has 0 atom stereocenters. The number of benzene rings is 2. The molecule has 0 aliphatic heterocycles. The second-order valence-electron chi connectivity index (χ2n) is 8.89. The van der Waals surface area contributed by atoms with Crippen LogP contribution in [0, 0.1) is 13.8 Å². The third-order valence-corrected chi connectivity index (χ3v) is 7.98. The average molecular weight is 527 g/mol. The van der Waals surface area contributed by atoms with E-state index in [1.165, 1.54) is 24.7 Å². The van der Waals surface area contributed by atoms with Crippen LogP contribution in [0.25, 0.3) is 22.4 Å².